The molecule has 124 valence electrons. The molecule has 3 nitrogen and oxygen atoms in total. The normalized spacial score (nSPS) is 10.3. The fourth-order valence-electron chi connectivity index (χ4n) is 2.79. The SMILES string of the molecule is O=C(OCc1ccccc1)c1ccc2cccc(-c3c#cccc3)c2n1. The second-order valence-corrected chi connectivity index (χ2v) is 5.84. The lowest BCUT2D eigenvalue weighted by Crippen LogP contribution is -2.07. The molecule has 1 heterocycles. The Bertz CT molecular complexity index is 1040. The van der Waals surface area contributed by atoms with Gasteiger partial charge in [-0.05, 0) is 23.8 Å². The predicted molar refractivity (Wildman–Crippen MR) is 100 cm³/mol. The van der Waals surface area contributed by atoms with Gasteiger partial charge in [0.15, 0.2) is 0 Å². The third-order valence-electron chi connectivity index (χ3n) is 4.08. The van der Waals surface area contributed by atoms with Crippen molar-refractivity contribution in [2.75, 3.05) is 0 Å². The van der Waals surface area contributed by atoms with Crippen molar-refractivity contribution in [3.05, 3.63) is 102 Å². The highest BCUT2D eigenvalue weighted by molar-refractivity contribution is 5.97. The first-order valence-corrected chi connectivity index (χ1v) is 8.31. The Hall–Kier alpha value is -3.64. The quantitative estimate of drug-likeness (QED) is 0.499. The maximum atomic E-state index is 12.4. The van der Waals surface area contributed by atoms with E-state index in [4.69, 9.17) is 4.74 Å². The van der Waals surface area contributed by atoms with Crippen LogP contribution in [-0.2, 0) is 11.3 Å². The van der Waals surface area contributed by atoms with E-state index >= 15 is 0 Å². The number of benzene rings is 2. The summed E-state index contributed by atoms with van der Waals surface area (Å²) in [6.45, 7) is 0.225. The van der Waals surface area contributed by atoms with Crippen LogP contribution in [0.5, 0.6) is 0 Å². The number of carbonyl (C=O) groups is 1. The fraction of sp³-hybridized carbons (Fsp3) is 0.0435. The second kappa shape index (κ2) is 7.08. The number of para-hydroxylation sites is 1. The van der Waals surface area contributed by atoms with Crippen LogP contribution in [0.3, 0.4) is 0 Å². The highest BCUT2D eigenvalue weighted by atomic mass is 16.5. The van der Waals surface area contributed by atoms with Gasteiger partial charge in [0.25, 0.3) is 0 Å². The van der Waals surface area contributed by atoms with Crippen LogP contribution in [0, 0.1) is 12.1 Å². The van der Waals surface area contributed by atoms with Gasteiger partial charge >= 0.3 is 5.97 Å². The maximum Gasteiger partial charge on any atom is 0.357 e. The molecule has 0 aliphatic carbocycles. The summed E-state index contributed by atoms with van der Waals surface area (Å²) in [6, 6.07) is 30.8. The van der Waals surface area contributed by atoms with E-state index in [9.17, 15) is 4.79 Å². The molecule has 0 bridgehead atoms. The Morgan fingerprint density at radius 2 is 1.81 bits per heavy atom. The summed E-state index contributed by atoms with van der Waals surface area (Å²) < 4.78 is 5.39. The molecule has 4 aromatic rings. The van der Waals surface area contributed by atoms with Gasteiger partial charge in [-0.25, -0.2) is 9.78 Å². The number of pyridine rings is 1. The number of aromatic nitrogens is 1. The van der Waals surface area contributed by atoms with Gasteiger partial charge in [-0.3, -0.25) is 0 Å². The molecule has 0 aliphatic rings. The monoisotopic (exact) mass is 337 g/mol. The Morgan fingerprint density at radius 1 is 0.923 bits per heavy atom. The molecule has 0 saturated carbocycles. The van der Waals surface area contributed by atoms with Crippen LogP contribution in [0.15, 0.2) is 78.9 Å². The van der Waals surface area contributed by atoms with Gasteiger partial charge in [-0.15, -0.1) is 0 Å². The van der Waals surface area contributed by atoms with E-state index in [2.05, 4.69) is 17.1 Å². The van der Waals surface area contributed by atoms with Crippen molar-refractivity contribution >= 4 is 16.9 Å². The van der Waals surface area contributed by atoms with Gasteiger partial charge in [0.1, 0.15) is 12.3 Å². The van der Waals surface area contributed by atoms with Crippen LogP contribution in [0.4, 0.5) is 0 Å². The third-order valence-corrected chi connectivity index (χ3v) is 4.08. The van der Waals surface area contributed by atoms with Crippen molar-refractivity contribution in [1.29, 1.82) is 0 Å². The van der Waals surface area contributed by atoms with E-state index in [1.807, 2.05) is 66.7 Å². The molecule has 0 radical (unpaired) electrons. The summed E-state index contributed by atoms with van der Waals surface area (Å²) in [6.07, 6.45) is 0. The third kappa shape index (κ3) is 3.26. The van der Waals surface area contributed by atoms with Gasteiger partial charge in [-0.2, -0.15) is 0 Å². The van der Waals surface area contributed by atoms with Crippen molar-refractivity contribution in [3.63, 3.8) is 0 Å². The lowest BCUT2D eigenvalue weighted by molar-refractivity contribution is 0.0466. The van der Waals surface area contributed by atoms with Gasteiger partial charge in [0, 0.05) is 16.5 Å². The van der Waals surface area contributed by atoms with E-state index < -0.39 is 5.97 Å². The van der Waals surface area contributed by atoms with Crippen molar-refractivity contribution in [2.24, 2.45) is 0 Å². The van der Waals surface area contributed by atoms with Gasteiger partial charge in [0.05, 0.1) is 5.52 Å². The minimum absolute atomic E-state index is 0.225. The van der Waals surface area contributed by atoms with Crippen molar-refractivity contribution in [2.45, 2.75) is 6.61 Å². The number of fused-ring (bicyclic) bond motifs is 1. The van der Waals surface area contributed by atoms with Crippen LogP contribution in [0.2, 0.25) is 0 Å². The smallest absolute Gasteiger partial charge is 0.357 e. The average Bonchev–Trinajstić information content (AvgIpc) is 2.72. The molecule has 0 fully saturated rings. The van der Waals surface area contributed by atoms with Crippen LogP contribution < -0.4 is 0 Å². The highest BCUT2D eigenvalue weighted by Gasteiger charge is 2.12. The number of rotatable bonds is 4. The summed E-state index contributed by atoms with van der Waals surface area (Å²) in [5, 5.41) is 0.958. The van der Waals surface area contributed by atoms with Gasteiger partial charge < -0.3 is 4.74 Å². The number of carbonyl (C=O) groups excluding carboxylic acids is 1. The Labute approximate surface area is 151 Å². The van der Waals surface area contributed by atoms with E-state index in [0.29, 0.717) is 5.69 Å². The van der Waals surface area contributed by atoms with Crippen molar-refractivity contribution in [1.82, 2.24) is 4.98 Å². The summed E-state index contributed by atoms with van der Waals surface area (Å²) in [4.78, 5) is 17.0. The average molecular weight is 337 g/mol. The minimum atomic E-state index is -0.436. The zero-order chi connectivity index (χ0) is 17.8. The molecule has 0 amide bonds. The molecule has 0 saturated heterocycles. The molecule has 0 unspecified atom stereocenters. The summed E-state index contributed by atoms with van der Waals surface area (Å²) >= 11 is 0. The van der Waals surface area contributed by atoms with E-state index in [-0.39, 0.29) is 6.61 Å². The summed E-state index contributed by atoms with van der Waals surface area (Å²) in [5.74, 6) is -0.436. The molecule has 0 spiro atoms. The van der Waals surface area contributed by atoms with Crippen LogP contribution in [0.1, 0.15) is 16.1 Å². The highest BCUT2D eigenvalue weighted by Crippen LogP contribution is 2.26. The van der Waals surface area contributed by atoms with Crippen LogP contribution >= 0.6 is 0 Å². The second-order valence-electron chi connectivity index (χ2n) is 5.84. The van der Waals surface area contributed by atoms with Crippen molar-refractivity contribution < 1.29 is 9.53 Å². The predicted octanol–water partition coefficient (Wildman–Crippen LogP) is 4.86. The minimum Gasteiger partial charge on any atom is -0.456 e. The standard InChI is InChI=1S/C23H15NO2/c25-23(26-16-17-8-3-1-4-9-17)21-15-14-19-12-7-13-20(22(19)24-21)18-10-5-2-6-11-18/h1-5,7-10,12-15H,16H2. The molecule has 26 heavy (non-hydrogen) atoms. The molecule has 4 rings (SSSR count). The van der Waals surface area contributed by atoms with E-state index in [1.165, 1.54) is 0 Å². The number of esters is 1. The van der Waals surface area contributed by atoms with Crippen LogP contribution in [-0.4, -0.2) is 11.0 Å². The zero-order valence-corrected chi connectivity index (χ0v) is 14.0. The Kier molecular flexibility index (Phi) is 4.32. The molecular formula is C23H15NO2. The van der Waals surface area contributed by atoms with E-state index in [1.54, 1.807) is 12.1 Å². The van der Waals surface area contributed by atoms with Gasteiger partial charge in [-0.1, -0.05) is 72.8 Å². The van der Waals surface area contributed by atoms with Crippen molar-refractivity contribution in [3.8, 4) is 11.1 Å². The first-order valence-electron chi connectivity index (χ1n) is 8.31. The summed E-state index contributed by atoms with van der Waals surface area (Å²) in [7, 11) is 0. The largest absolute Gasteiger partial charge is 0.456 e. The molecule has 0 aliphatic heterocycles. The number of hydrogen-bond donors (Lipinski definition) is 0. The lowest BCUT2D eigenvalue weighted by atomic mass is 10.0. The Balaban J connectivity index is 1.65. The number of ether oxygens (including phenoxy) is 1. The summed E-state index contributed by atoms with van der Waals surface area (Å²) in [5.41, 5.74) is 3.78. The molecule has 0 atom stereocenters. The van der Waals surface area contributed by atoms with E-state index in [0.717, 1.165) is 27.6 Å². The zero-order valence-electron chi connectivity index (χ0n) is 14.0. The Morgan fingerprint density at radius 3 is 2.62 bits per heavy atom. The lowest BCUT2D eigenvalue weighted by Gasteiger charge is -2.08. The topological polar surface area (TPSA) is 39.2 Å². The first kappa shape index (κ1) is 15.9. The fourth-order valence-corrected chi connectivity index (χ4v) is 2.79. The molecular weight excluding hydrogens is 322 g/mol. The first-order chi connectivity index (χ1) is 12.8. The maximum absolute atomic E-state index is 12.4. The molecule has 3 aromatic carbocycles. The molecule has 3 heteroatoms. The van der Waals surface area contributed by atoms with Gasteiger partial charge in [0.2, 0.25) is 0 Å². The number of nitrogens with zero attached hydrogens (tertiary/aromatic N) is 1. The molecule has 0 N–H and O–H groups in total. The number of hydrogen-bond acceptors (Lipinski definition) is 3. The van der Waals surface area contributed by atoms with Crippen LogP contribution in [0.25, 0.3) is 22.0 Å². The molecule has 1 aromatic heterocycles.